The first kappa shape index (κ1) is 34.5. The highest BCUT2D eigenvalue weighted by atomic mass is 16.6. The third-order valence-electron chi connectivity index (χ3n) is 6.97. The molecule has 12 heteroatoms. The second kappa shape index (κ2) is 17.9. The molecule has 254 valence electrons. The molecular weight excluding hydrogens is 640 g/mol. The topological polar surface area (TPSA) is 153 Å². The number of anilines is 4. The van der Waals surface area contributed by atoms with E-state index >= 15 is 0 Å². The summed E-state index contributed by atoms with van der Waals surface area (Å²) in [6, 6.07) is 41.4. The van der Waals surface area contributed by atoms with Crippen molar-refractivity contribution in [3.05, 3.63) is 157 Å². The van der Waals surface area contributed by atoms with Crippen LogP contribution in [-0.4, -0.2) is 37.6 Å². The average Bonchev–Trinajstić information content (AvgIpc) is 3.13. The number of carbonyl (C=O) groups excluding carboxylic acids is 4. The maximum atomic E-state index is 13.0. The van der Waals surface area contributed by atoms with Crippen molar-refractivity contribution in [2.75, 3.05) is 34.5 Å². The molecule has 0 aliphatic carbocycles. The van der Waals surface area contributed by atoms with Crippen molar-refractivity contribution < 1.29 is 38.1 Å². The van der Waals surface area contributed by atoms with Gasteiger partial charge in [-0.1, -0.05) is 91.0 Å². The minimum atomic E-state index is -1.10. The first-order chi connectivity index (χ1) is 24.4. The third kappa shape index (κ3) is 11.2. The zero-order valence-electron chi connectivity index (χ0n) is 26.7. The van der Waals surface area contributed by atoms with Gasteiger partial charge in [-0.3, -0.25) is 21.3 Å². The molecule has 5 rings (SSSR count). The van der Waals surface area contributed by atoms with Crippen molar-refractivity contribution in [2.45, 2.75) is 12.2 Å². The standard InChI is InChI=1S/C38H34N4O8/c43-35(39-29-16-5-1-6-17-29)47-25-33(49-37(45)41-31-20-9-3-10-21-31)27-14-13-15-28(24-27)34(50-38(46)42-32-22-11-4-12-23-32)26-48-36(44)40-30-18-7-2-8-19-30/h1-24,33-34H,25-26H2,(H,39,43)(H,40,44)(H,41,45)(H,42,46). The van der Waals surface area contributed by atoms with Gasteiger partial charge in [-0.2, -0.15) is 0 Å². The molecule has 0 radical (unpaired) electrons. The molecule has 5 aromatic carbocycles. The van der Waals surface area contributed by atoms with Gasteiger partial charge in [-0.05, 0) is 65.7 Å². The highest BCUT2D eigenvalue weighted by Crippen LogP contribution is 2.26. The number of amides is 4. The van der Waals surface area contributed by atoms with Gasteiger partial charge in [-0.15, -0.1) is 0 Å². The van der Waals surface area contributed by atoms with Crippen molar-refractivity contribution in [3.8, 4) is 0 Å². The monoisotopic (exact) mass is 674 g/mol. The van der Waals surface area contributed by atoms with Crippen molar-refractivity contribution in [2.24, 2.45) is 0 Å². The number of ether oxygens (including phenoxy) is 4. The number of hydrogen-bond acceptors (Lipinski definition) is 8. The molecule has 0 spiro atoms. The Kier molecular flexibility index (Phi) is 12.4. The van der Waals surface area contributed by atoms with E-state index in [0.29, 0.717) is 33.9 Å². The lowest BCUT2D eigenvalue weighted by molar-refractivity contribution is 0.0517. The van der Waals surface area contributed by atoms with Gasteiger partial charge in [0.15, 0.2) is 12.2 Å². The number of rotatable bonds is 12. The van der Waals surface area contributed by atoms with Crippen LogP contribution >= 0.6 is 0 Å². The highest BCUT2D eigenvalue weighted by molar-refractivity contribution is 5.86. The molecule has 12 nitrogen and oxygen atoms in total. The molecular formula is C38H34N4O8. The molecule has 0 fully saturated rings. The van der Waals surface area contributed by atoms with E-state index in [1.165, 1.54) is 0 Å². The maximum Gasteiger partial charge on any atom is 0.412 e. The predicted octanol–water partition coefficient (Wildman–Crippen LogP) is 8.76. The second-order valence-electron chi connectivity index (χ2n) is 10.6. The smallest absolute Gasteiger partial charge is 0.412 e. The second-order valence-corrected chi connectivity index (χ2v) is 10.6. The number of carbonyl (C=O) groups is 4. The number of benzene rings is 5. The van der Waals surface area contributed by atoms with E-state index in [1.807, 2.05) is 12.1 Å². The van der Waals surface area contributed by atoms with Gasteiger partial charge in [-0.25, -0.2) is 19.2 Å². The van der Waals surface area contributed by atoms with Crippen LogP contribution in [0.2, 0.25) is 0 Å². The highest BCUT2D eigenvalue weighted by Gasteiger charge is 2.24. The zero-order chi connectivity index (χ0) is 35.0. The summed E-state index contributed by atoms with van der Waals surface area (Å²) in [5, 5.41) is 10.5. The van der Waals surface area contributed by atoms with E-state index in [0.717, 1.165) is 0 Å². The van der Waals surface area contributed by atoms with Crippen LogP contribution in [0.15, 0.2) is 146 Å². The van der Waals surface area contributed by atoms with E-state index in [4.69, 9.17) is 18.9 Å². The molecule has 2 atom stereocenters. The normalized spacial score (nSPS) is 11.5. The lowest BCUT2D eigenvalue weighted by Gasteiger charge is -2.22. The molecule has 5 aromatic rings. The first-order valence-corrected chi connectivity index (χ1v) is 15.5. The van der Waals surface area contributed by atoms with Crippen LogP contribution in [0.1, 0.15) is 23.3 Å². The average molecular weight is 675 g/mol. The Labute approximate surface area is 288 Å². The number of nitrogens with one attached hydrogen (secondary N) is 4. The van der Waals surface area contributed by atoms with Gasteiger partial charge in [0.1, 0.15) is 13.2 Å². The van der Waals surface area contributed by atoms with E-state index in [-0.39, 0.29) is 13.2 Å². The summed E-state index contributed by atoms with van der Waals surface area (Å²) in [7, 11) is 0. The fourth-order valence-electron chi connectivity index (χ4n) is 4.61. The summed E-state index contributed by atoms with van der Waals surface area (Å²) in [4.78, 5) is 51.2. The Balaban J connectivity index is 1.35. The van der Waals surface area contributed by atoms with Crippen LogP contribution in [0.5, 0.6) is 0 Å². The van der Waals surface area contributed by atoms with Crippen LogP contribution in [0.3, 0.4) is 0 Å². The SMILES string of the molecule is O=C(Nc1ccccc1)OCC(OC(=O)Nc1ccccc1)c1cccc(C(COC(=O)Nc2ccccc2)OC(=O)Nc2ccccc2)c1. The van der Waals surface area contributed by atoms with Gasteiger partial charge in [0, 0.05) is 22.7 Å². The Morgan fingerprint density at radius 1 is 0.400 bits per heavy atom. The zero-order valence-corrected chi connectivity index (χ0v) is 26.7. The lowest BCUT2D eigenvalue weighted by Crippen LogP contribution is -2.25. The Morgan fingerprint density at radius 2 is 0.700 bits per heavy atom. The summed E-state index contributed by atoms with van der Waals surface area (Å²) >= 11 is 0. The van der Waals surface area contributed by atoms with Gasteiger partial charge >= 0.3 is 24.4 Å². The molecule has 0 aromatic heterocycles. The molecule has 0 heterocycles. The van der Waals surface area contributed by atoms with Gasteiger partial charge in [0.05, 0.1) is 0 Å². The Bertz CT molecular complexity index is 1710. The van der Waals surface area contributed by atoms with Crippen molar-refractivity contribution in [1.82, 2.24) is 0 Å². The summed E-state index contributed by atoms with van der Waals surface area (Å²) < 4.78 is 22.4. The number of hydrogen-bond donors (Lipinski definition) is 4. The molecule has 0 bridgehead atoms. The van der Waals surface area contributed by atoms with Crippen LogP contribution in [0.25, 0.3) is 0 Å². The predicted molar refractivity (Wildman–Crippen MR) is 188 cm³/mol. The fraction of sp³-hybridized carbons (Fsp3) is 0.105. The maximum absolute atomic E-state index is 13.0. The molecule has 0 saturated heterocycles. The summed E-state index contributed by atoms with van der Waals surface area (Å²) in [5.74, 6) is 0. The molecule has 50 heavy (non-hydrogen) atoms. The van der Waals surface area contributed by atoms with E-state index < -0.39 is 36.6 Å². The molecule has 2 unspecified atom stereocenters. The van der Waals surface area contributed by atoms with Gasteiger partial charge in [0.2, 0.25) is 0 Å². The van der Waals surface area contributed by atoms with Crippen LogP contribution in [0.4, 0.5) is 41.9 Å². The van der Waals surface area contributed by atoms with Gasteiger partial charge < -0.3 is 18.9 Å². The molecule has 4 amide bonds. The third-order valence-corrected chi connectivity index (χ3v) is 6.97. The quantitative estimate of drug-likeness (QED) is 0.0958. The molecule has 0 saturated carbocycles. The summed E-state index contributed by atoms with van der Waals surface area (Å²) in [6.07, 6.45) is -5.31. The van der Waals surface area contributed by atoms with E-state index in [9.17, 15) is 19.2 Å². The largest absolute Gasteiger partial charge is 0.445 e. The molecule has 0 aliphatic rings. The Morgan fingerprint density at radius 3 is 1.02 bits per heavy atom. The van der Waals surface area contributed by atoms with Crippen molar-refractivity contribution >= 4 is 47.1 Å². The molecule has 4 N–H and O–H groups in total. The fourth-order valence-corrected chi connectivity index (χ4v) is 4.61. The van der Waals surface area contributed by atoms with Crippen LogP contribution < -0.4 is 21.3 Å². The van der Waals surface area contributed by atoms with E-state index in [2.05, 4.69) is 21.3 Å². The summed E-state index contributed by atoms with van der Waals surface area (Å²) in [5.41, 5.74) is 2.84. The van der Waals surface area contributed by atoms with E-state index in [1.54, 1.807) is 133 Å². The van der Waals surface area contributed by atoms with Crippen LogP contribution in [0, 0.1) is 0 Å². The van der Waals surface area contributed by atoms with Crippen molar-refractivity contribution in [1.29, 1.82) is 0 Å². The first-order valence-electron chi connectivity index (χ1n) is 15.5. The number of para-hydroxylation sites is 4. The lowest BCUT2D eigenvalue weighted by atomic mass is 10.0. The van der Waals surface area contributed by atoms with Crippen molar-refractivity contribution in [3.63, 3.8) is 0 Å². The summed E-state index contributed by atoms with van der Waals surface area (Å²) in [6.45, 7) is -0.722. The Hall–Kier alpha value is -6.82. The van der Waals surface area contributed by atoms with Gasteiger partial charge in [0.25, 0.3) is 0 Å². The van der Waals surface area contributed by atoms with Crippen LogP contribution in [-0.2, 0) is 18.9 Å². The minimum Gasteiger partial charge on any atom is -0.445 e. The minimum absolute atomic E-state index is 0.361. The molecule has 0 aliphatic heterocycles.